The average molecular weight is 273 g/mol. The summed E-state index contributed by atoms with van der Waals surface area (Å²) in [6.45, 7) is 2.61. The zero-order chi connectivity index (χ0) is 12.4. The topological polar surface area (TPSA) is 49.4 Å². The number of halogens is 1. The van der Waals surface area contributed by atoms with E-state index in [-0.39, 0.29) is 11.8 Å². The maximum Gasteiger partial charge on any atom is 0.248 e. The molecule has 2 rings (SSSR count). The molecule has 0 aromatic carbocycles. The molecule has 1 aromatic heterocycles. The van der Waals surface area contributed by atoms with Crippen LogP contribution in [-0.2, 0) is 9.59 Å². The van der Waals surface area contributed by atoms with E-state index in [1.165, 1.54) is 11.3 Å². The molecule has 92 valence electrons. The van der Waals surface area contributed by atoms with Crippen LogP contribution in [0.4, 0.5) is 0 Å². The summed E-state index contributed by atoms with van der Waals surface area (Å²) in [6, 6.07) is 3.20. The molecule has 4 nitrogen and oxygen atoms in total. The van der Waals surface area contributed by atoms with Crippen molar-refractivity contribution in [1.82, 2.24) is 10.2 Å². The molecule has 0 spiro atoms. The molecule has 2 atom stereocenters. The van der Waals surface area contributed by atoms with Crippen molar-refractivity contribution in [3.05, 3.63) is 22.4 Å². The molecule has 1 fully saturated rings. The largest absolute Gasteiger partial charge is 0.352 e. The number of nitrogens with one attached hydrogen (secondary N) is 1. The molecule has 2 amide bonds. The van der Waals surface area contributed by atoms with Gasteiger partial charge in [0.15, 0.2) is 0 Å². The van der Waals surface area contributed by atoms with E-state index in [1.807, 2.05) is 17.5 Å². The quantitative estimate of drug-likeness (QED) is 0.827. The Balaban J connectivity index is 2.29. The van der Waals surface area contributed by atoms with Gasteiger partial charge in [0.25, 0.3) is 0 Å². The SMILES string of the molecule is CC(Cl)C(=O)N1CCNC(=O)C1c1cccs1. The van der Waals surface area contributed by atoms with Crippen molar-refractivity contribution >= 4 is 34.8 Å². The van der Waals surface area contributed by atoms with Crippen LogP contribution in [0.15, 0.2) is 17.5 Å². The van der Waals surface area contributed by atoms with E-state index in [1.54, 1.807) is 11.8 Å². The Bertz CT molecular complexity index is 419. The normalized spacial score (nSPS) is 22.1. The first-order valence-electron chi connectivity index (χ1n) is 5.37. The van der Waals surface area contributed by atoms with E-state index in [2.05, 4.69) is 5.32 Å². The molecule has 1 N–H and O–H groups in total. The number of carbonyl (C=O) groups is 2. The van der Waals surface area contributed by atoms with Gasteiger partial charge in [0.05, 0.1) is 0 Å². The lowest BCUT2D eigenvalue weighted by atomic mass is 10.1. The molecule has 0 bridgehead atoms. The number of hydrogen-bond donors (Lipinski definition) is 1. The highest BCUT2D eigenvalue weighted by atomic mass is 35.5. The van der Waals surface area contributed by atoms with E-state index >= 15 is 0 Å². The van der Waals surface area contributed by atoms with Gasteiger partial charge in [0.1, 0.15) is 11.4 Å². The van der Waals surface area contributed by atoms with Gasteiger partial charge in [-0.3, -0.25) is 9.59 Å². The Labute approximate surface area is 109 Å². The minimum Gasteiger partial charge on any atom is -0.352 e. The molecule has 1 aliphatic heterocycles. The van der Waals surface area contributed by atoms with Crippen LogP contribution in [0, 0.1) is 0 Å². The summed E-state index contributed by atoms with van der Waals surface area (Å²) < 4.78 is 0. The summed E-state index contributed by atoms with van der Waals surface area (Å²) in [5.74, 6) is -0.329. The maximum absolute atomic E-state index is 12.0. The van der Waals surface area contributed by atoms with E-state index in [4.69, 9.17) is 11.6 Å². The van der Waals surface area contributed by atoms with Crippen molar-refractivity contribution < 1.29 is 9.59 Å². The average Bonchev–Trinajstić information content (AvgIpc) is 2.80. The van der Waals surface area contributed by atoms with Crippen molar-refractivity contribution in [2.24, 2.45) is 0 Å². The number of rotatable bonds is 2. The third-order valence-corrected chi connectivity index (χ3v) is 3.76. The van der Waals surface area contributed by atoms with E-state index in [9.17, 15) is 9.59 Å². The highest BCUT2D eigenvalue weighted by Crippen LogP contribution is 2.28. The van der Waals surface area contributed by atoms with Crippen LogP contribution >= 0.6 is 22.9 Å². The van der Waals surface area contributed by atoms with Crippen molar-refractivity contribution in [3.8, 4) is 0 Å². The van der Waals surface area contributed by atoms with Crippen LogP contribution < -0.4 is 5.32 Å². The van der Waals surface area contributed by atoms with Gasteiger partial charge in [0, 0.05) is 18.0 Å². The number of hydrogen-bond acceptors (Lipinski definition) is 3. The second kappa shape index (κ2) is 5.06. The molecule has 1 aromatic rings. The second-order valence-corrected chi connectivity index (χ2v) is 5.49. The molecule has 2 heterocycles. The third-order valence-electron chi connectivity index (χ3n) is 2.65. The smallest absolute Gasteiger partial charge is 0.248 e. The highest BCUT2D eigenvalue weighted by molar-refractivity contribution is 7.10. The lowest BCUT2D eigenvalue weighted by Crippen LogP contribution is -2.53. The summed E-state index contributed by atoms with van der Waals surface area (Å²) in [4.78, 5) is 26.3. The molecule has 1 aliphatic rings. The third kappa shape index (κ3) is 2.45. The van der Waals surface area contributed by atoms with Crippen LogP contribution in [0.3, 0.4) is 0 Å². The van der Waals surface area contributed by atoms with Crippen molar-refractivity contribution in [2.45, 2.75) is 18.3 Å². The Morgan fingerprint density at radius 1 is 1.71 bits per heavy atom. The Morgan fingerprint density at radius 2 is 2.47 bits per heavy atom. The number of amides is 2. The summed E-state index contributed by atoms with van der Waals surface area (Å²) in [6.07, 6.45) is 0. The van der Waals surface area contributed by atoms with Crippen LogP contribution in [-0.4, -0.2) is 35.2 Å². The number of thiophene rings is 1. The molecule has 2 unspecified atom stereocenters. The Morgan fingerprint density at radius 3 is 3.06 bits per heavy atom. The molecular weight excluding hydrogens is 260 g/mol. The first kappa shape index (κ1) is 12.4. The van der Waals surface area contributed by atoms with Crippen molar-refractivity contribution in [3.63, 3.8) is 0 Å². The number of alkyl halides is 1. The van der Waals surface area contributed by atoms with Crippen molar-refractivity contribution in [1.29, 1.82) is 0 Å². The fourth-order valence-corrected chi connectivity index (χ4v) is 2.82. The summed E-state index contributed by atoms with van der Waals surface area (Å²) in [5, 5.41) is 4.06. The van der Waals surface area contributed by atoms with E-state index < -0.39 is 11.4 Å². The number of nitrogens with zero attached hydrogens (tertiary/aromatic N) is 1. The predicted octanol–water partition coefficient (Wildman–Crippen LogP) is 1.37. The molecule has 17 heavy (non-hydrogen) atoms. The van der Waals surface area contributed by atoms with Crippen LogP contribution in [0.1, 0.15) is 17.8 Å². The minimum absolute atomic E-state index is 0.135. The minimum atomic E-state index is -0.608. The Kier molecular flexibility index (Phi) is 3.69. The monoisotopic (exact) mass is 272 g/mol. The number of piperazine rings is 1. The van der Waals surface area contributed by atoms with Crippen LogP contribution in [0.25, 0.3) is 0 Å². The molecule has 0 aliphatic carbocycles. The van der Waals surface area contributed by atoms with Gasteiger partial charge in [-0.15, -0.1) is 22.9 Å². The fourth-order valence-electron chi connectivity index (χ4n) is 1.86. The number of carbonyl (C=O) groups excluding carboxylic acids is 2. The molecule has 1 saturated heterocycles. The Hall–Kier alpha value is -1.07. The zero-order valence-electron chi connectivity index (χ0n) is 9.35. The standard InChI is InChI=1S/C11H13ClN2O2S/c1-7(12)11(16)14-5-4-13-10(15)9(14)8-3-2-6-17-8/h2-3,6-7,9H,4-5H2,1H3,(H,13,15). The lowest BCUT2D eigenvalue weighted by Gasteiger charge is -2.35. The van der Waals surface area contributed by atoms with Crippen LogP contribution in [0.5, 0.6) is 0 Å². The van der Waals surface area contributed by atoms with Gasteiger partial charge < -0.3 is 10.2 Å². The molecule has 0 saturated carbocycles. The molecule has 0 radical (unpaired) electrons. The summed E-state index contributed by atoms with van der Waals surface area (Å²) >= 11 is 7.28. The first-order valence-corrected chi connectivity index (χ1v) is 6.68. The summed E-state index contributed by atoms with van der Waals surface area (Å²) in [5.41, 5.74) is 0. The first-order chi connectivity index (χ1) is 8.11. The molecular formula is C11H13ClN2O2S. The zero-order valence-corrected chi connectivity index (χ0v) is 10.9. The fraction of sp³-hybridized carbons (Fsp3) is 0.455. The second-order valence-electron chi connectivity index (χ2n) is 3.86. The van der Waals surface area contributed by atoms with Gasteiger partial charge in [-0.25, -0.2) is 0 Å². The van der Waals surface area contributed by atoms with Gasteiger partial charge in [-0.1, -0.05) is 6.07 Å². The lowest BCUT2D eigenvalue weighted by molar-refractivity contribution is -0.142. The van der Waals surface area contributed by atoms with Gasteiger partial charge in [-0.2, -0.15) is 0 Å². The maximum atomic E-state index is 12.0. The summed E-state index contributed by atoms with van der Waals surface area (Å²) in [7, 11) is 0. The van der Waals surface area contributed by atoms with E-state index in [0.717, 1.165) is 4.88 Å². The van der Waals surface area contributed by atoms with Crippen LogP contribution in [0.2, 0.25) is 0 Å². The van der Waals surface area contributed by atoms with E-state index in [0.29, 0.717) is 13.1 Å². The van der Waals surface area contributed by atoms with Crippen molar-refractivity contribution in [2.75, 3.05) is 13.1 Å². The van der Waals surface area contributed by atoms with Gasteiger partial charge in [0.2, 0.25) is 11.8 Å². The predicted molar refractivity (Wildman–Crippen MR) is 67.1 cm³/mol. The molecule has 6 heteroatoms. The highest BCUT2D eigenvalue weighted by Gasteiger charge is 2.36. The van der Waals surface area contributed by atoms with Gasteiger partial charge in [-0.05, 0) is 18.4 Å². The van der Waals surface area contributed by atoms with Gasteiger partial charge >= 0.3 is 0 Å².